The molecular formula is C13H20N2OS. The predicted molar refractivity (Wildman–Crippen MR) is 75.5 cm³/mol. The summed E-state index contributed by atoms with van der Waals surface area (Å²) in [7, 11) is 0. The van der Waals surface area contributed by atoms with Crippen LogP contribution in [-0.2, 0) is 0 Å². The van der Waals surface area contributed by atoms with Crippen LogP contribution in [0.1, 0.15) is 29.8 Å². The highest BCUT2D eigenvalue weighted by atomic mass is 32.2. The van der Waals surface area contributed by atoms with E-state index in [0.29, 0.717) is 17.8 Å². The first-order valence-corrected chi connectivity index (χ1v) is 6.78. The van der Waals surface area contributed by atoms with E-state index < -0.39 is 0 Å². The van der Waals surface area contributed by atoms with E-state index >= 15 is 0 Å². The van der Waals surface area contributed by atoms with Crippen LogP contribution in [0.2, 0.25) is 0 Å². The van der Waals surface area contributed by atoms with Crippen LogP contribution in [0.25, 0.3) is 0 Å². The van der Waals surface area contributed by atoms with E-state index in [4.69, 9.17) is 5.73 Å². The van der Waals surface area contributed by atoms with Gasteiger partial charge < -0.3 is 11.1 Å². The summed E-state index contributed by atoms with van der Waals surface area (Å²) in [5.74, 6) is -0.0374. The number of thioether (sulfide) groups is 1. The van der Waals surface area contributed by atoms with Crippen LogP contribution in [0.4, 0.5) is 5.69 Å². The van der Waals surface area contributed by atoms with Crippen molar-refractivity contribution in [2.75, 3.05) is 18.5 Å². The molecule has 4 heteroatoms. The predicted octanol–water partition coefficient (Wildman–Crippen LogP) is 2.45. The summed E-state index contributed by atoms with van der Waals surface area (Å²) in [5, 5.41) is 2.95. The van der Waals surface area contributed by atoms with Crippen LogP contribution in [0.5, 0.6) is 0 Å². The zero-order valence-corrected chi connectivity index (χ0v) is 11.6. The fraction of sp³-hybridized carbons (Fsp3) is 0.462. The number of hydrogen-bond acceptors (Lipinski definition) is 3. The van der Waals surface area contributed by atoms with E-state index in [-0.39, 0.29) is 10.7 Å². The minimum atomic E-state index is -0.0374. The zero-order chi connectivity index (χ0) is 13.1. The van der Waals surface area contributed by atoms with E-state index in [0.717, 1.165) is 5.56 Å². The van der Waals surface area contributed by atoms with Crippen LogP contribution >= 0.6 is 11.8 Å². The Kier molecular flexibility index (Phi) is 4.46. The third kappa shape index (κ3) is 3.97. The lowest BCUT2D eigenvalue weighted by molar-refractivity contribution is 0.0950. The molecule has 0 heterocycles. The van der Waals surface area contributed by atoms with Crippen LogP contribution in [0.15, 0.2) is 18.2 Å². The third-order valence-corrected chi connectivity index (χ3v) is 3.97. The van der Waals surface area contributed by atoms with Crippen molar-refractivity contribution in [3.8, 4) is 0 Å². The second-order valence-electron chi connectivity index (χ2n) is 4.72. The maximum Gasteiger partial charge on any atom is 0.251 e. The van der Waals surface area contributed by atoms with Crippen molar-refractivity contribution in [2.45, 2.75) is 25.5 Å². The smallest absolute Gasteiger partial charge is 0.251 e. The minimum absolute atomic E-state index is 0.0374. The van der Waals surface area contributed by atoms with Gasteiger partial charge in [-0.1, -0.05) is 0 Å². The molecule has 1 aromatic rings. The van der Waals surface area contributed by atoms with E-state index in [2.05, 4.69) is 19.2 Å². The normalized spacial score (nSPS) is 11.3. The van der Waals surface area contributed by atoms with E-state index in [1.165, 1.54) is 0 Å². The molecule has 17 heavy (non-hydrogen) atoms. The minimum Gasteiger partial charge on any atom is -0.399 e. The monoisotopic (exact) mass is 252 g/mol. The molecule has 94 valence electrons. The van der Waals surface area contributed by atoms with Crippen molar-refractivity contribution in [3.63, 3.8) is 0 Å². The molecule has 0 aliphatic rings. The number of carbonyl (C=O) groups is 1. The lowest BCUT2D eigenvalue weighted by Crippen LogP contribution is -2.36. The standard InChI is InChI=1S/C13H20N2OS/c1-9-7-10(14)5-6-11(9)12(16)15-8-13(2,3)17-4/h5-7H,8,14H2,1-4H3,(H,15,16). The number of nitrogens with one attached hydrogen (secondary N) is 1. The Balaban J connectivity index is 2.71. The SMILES string of the molecule is CSC(C)(C)CNC(=O)c1ccc(N)cc1C. The van der Waals surface area contributed by atoms with Gasteiger partial charge in [-0.15, -0.1) is 0 Å². The molecule has 1 rings (SSSR count). The van der Waals surface area contributed by atoms with Gasteiger partial charge in [0, 0.05) is 22.5 Å². The molecule has 0 aliphatic carbocycles. The molecular weight excluding hydrogens is 232 g/mol. The highest BCUT2D eigenvalue weighted by molar-refractivity contribution is 7.99. The second-order valence-corrected chi connectivity index (χ2v) is 6.23. The van der Waals surface area contributed by atoms with Gasteiger partial charge in [0.1, 0.15) is 0 Å². The summed E-state index contributed by atoms with van der Waals surface area (Å²) in [4.78, 5) is 12.0. The van der Waals surface area contributed by atoms with Crippen molar-refractivity contribution in [1.29, 1.82) is 0 Å². The Morgan fingerprint density at radius 3 is 2.65 bits per heavy atom. The first-order chi connectivity index (χ1) is 7.85. The number of nitrogens with two attached hydrogens (primary N) is 1. The Morgan fingerprint density at radius 1 is 1.47 bits per heavy atom. The fourth-order valence-corrected chi connectivity index (χ4v) is 1.62. The zero-order valence-electron chi connectivity index (χ0n) is 10.8. The lowest BCUT2D eigenvalue weighted by atomic mass is 10.1. The van der Waals surface area contributed by atoms with Crippen LogP contribution in [-0.4, -0.2) is 23.5 Å². The number of hydrogen-bond donors (Lipinski definition) is 2. The molecule has 1 amide bonds. The maximum atomic E-state index is 12.0. The van der Waals surface area contributed by atoms with Gasteiger partial charge in [-0.3, -0.25) is 4.79 Å². The van der Waals surface area contributed by atoms with Crippen LogP contribution in [0.3, 0.4) is 0 Å². The number of nitrogen functional groups attached to an aromatic ring is 1. The Morgan fingerprint density at radius 2 is 2.12 bits per heavy atom. The molecule has 0 radical (unpaired) electrons. The molecule has 0 unspecified atom stereocenters. The number of amides is 1. The summed E-state index contributed by atoms with van der Waals surface area (Å²) in [6, 6.07) is 5.34. The average molecular weight is 252 g/mol. The molecule has 3 N–H and O–H groups in total. The molecule has 0 aromatic heterocycles. The molecule has 3 nitrogen and oxygen atoms in total. The van der Waals surface area contributed by atoms with Crippen molar-refractivity contribution < 1.29 is 4.79 Å². The van der Waals surface area contributed by atoms with Crippen LogP contribution in [0, 0.1) is 6.92 Å². The van der Waals surface area contributed by atoms with Gasteiger partial charge in [-0.05, 0) is 50.8 Å². The second kappa shape index (κ2) is 5.45. The van der Waals surface area contributed by atoms with Crippen molar-refractivity contribution in [2.24, 2.45) is 0 Å². The van der Waals surface area contributed by atoms with E-state index in [9.17, 15) is 4.79 Å². The third-order valence-electron chi connectivity index (χ3n) is 2.72. The molecule has 0 spiro atoms. The van der Waals surface area contributed by atoms with Crippen molar-refractivity contribution >= 4 is 23.4 Å². The Bertz CT molecular complexity index is 416. The Hall–Kier alpha value is -1.16. The van der Waals surface area contributed by atoms with Gasteiger partial charge in [0.2, 0.25) is 0 Å². The van der Waals surface area contributed by atoms with E-state index in [1.807, 2.05) is 19.2 Å². The number of carbonyl (C=O) groups excluding carboxylic acids is 1. The first-order valence-electron chi connectivity index (χ1n) is 5.55. The summed E-state index contributed by atoms with van der Waals surface area (Å²) < 4.78 is 0.0529. The number of anilines is 1. The molecule has 1 aromatic carbocycles. The largest absolute Gasteiger partial charge is 0.399 e. The first kappa shape index (κ1) is 13.9. The molecule has 0 aliphatic heterocycles. The average Bonchev–Trinajstić information content (AvgIpc) is 2.26. The maximum absolute atomic E-state index is 12.0. The number of aryl methyl sites for hydroxylation is 1. The number of rotatable bonds is 4. The summed E-state index contributed by atoms with van der Waals surface area (Å²) in [6.45, 7) is 6.75. The van der Waals surface area contributed by atoms with E-state index in [1.54, 1.807) is 23.9 Å². The van der Waals surface area contributed by atoms with Crippen molar-refractivity contribution in [1.82, 2.24) is 5.32 Å². The highest BCUT2D eigenvalue weighted by Crippen LogP contribution is 2.20. The molecule has 0 saturated heterocycles. The molecule has 0 bridgehead atoms. The van der Waals surface area contributed by atoms with Gasteiger partial charge in [0.15, 0.2) is 0 Å². The quantitative estimate of drug-likeness (QED) is 0.809. The van der Waals surface area contributed by atoms with Gasteiger partial charge in [0.05, 0.1) is 0 Å². The van der Waals surface area contributed by atoms with Gasteiger partial charge in [-0.25, -0.2) is 0 Å². The molecule has 0 atom stereocenters. The summed E-state index contributed by atoms with van der Waals surface area (Å²) >= 11 is 1.74. The van der Waals surface area contributed by atoms with Gasteiger partial charge in [0.25, 0.3) is 5.91 Å². The molecule has 0 fully saturated rings. The Labute approximate surface area is 107 Å². The van der Waals surface area contributed by atoms with Crippen molar-refractivity contribution in [3.05, 3.63) is 29.3 Å². The van der Waals surface area contributed by atoms with Gasteiger partial charge >= 0.3 is 0 Å². The lowest BCUT2D eigenvalue weighted by Gasteiger charge is -2.22. The molecule has 0 saturated carbocycles. The van der Waals surface area contributed by atoms with Gasteiger partial charge in [-0.2, -0.15) is 11.8 Å². The summed E-state index contributed by atoms with van der Waals surface area (Å²) in [5.41, 5.74) is 7.94. The number of benzene rings is 1. The topological polar surface area (TPSA) is 55.1 Å². The van der Waals surface area contributed by atoms with Crippen LogP contribution < -0.4 is 11.1 Å². The fourth-order valence-electron chi connectivity index (χ4n) is 1.40. The highest BCUT2D eigenvalue weighted by Gasteiger charge is 2.18. The summed E-state index contributed by atoms with van der Waals surface area (Å²) in [6.07, 6.45) is 2.04.